The summed E-state index contributed by atoms with van der Waals surface area (Å²) in [6.07, 6.45) is 0. The molecule has 0 fully saturated rings. The van der Waals surface area contributed by atoms with Gasteiger partial charge in [-0.1, -0.05) is 11.6 Å². The first kappa shape index (κ1) is 16.6. The van der Waals surface area contributed by atoms with Gasteiger partial charge in [0.15, 0.2) is 0 Å². The Morgan fingerprint density at radius 1 is 1.45 bits per heavy atom. The Bertz CT molecular complexity index is 468. The van der Waals surface area contributed by atoms with Gasteiger partial charge >= 0.3 is 0 Å². The number of halogens is 1. The average Bonchev–Trinajstić information content (AvgIpc) is 2.38. The maximum absolute atomic E-state index is 11.4. The van der Waals surface area contributed by atoms with E-state index in [0.717, 1.165) is 13.1 Å². The van der Waals surface area contributed by atoms with Crippen LogP contribution in [-0.2, 0) is 4.74 Å². The number of nitrogen functional groups attached to an aromatic ring is 1. The molecule has 0 heterocycles. The second-order valence-electron chi connectivity index (χ2n) is 4.51. The number of ether oxygens (including phenoxy) is 1. The van der Waals surface area contributed by atoms with E-state index in [1.165, 1.54) is 6.07 Å². The number of carbonyl (C=O) groups is 1. The van der Waals surface area contributed by atoms with Gasteiger partial charge in [0.1, 0.15) is 0 Å². The first-order valence-corrected chi connectivity index (χ1v) is 6.63. The van der Waals surface area contributed by atoms with Gasteiger partial charge in [-0.2, -0.15) is 0 Å². The molecule has 1 aromatic carbocycles. The first-order chi connectivity index (χ1) is 9.45. The van der Waals surface area contributed by atoms with Crippen molar-refractivity contribution in [1.82, 2.24) is 4.90 Å². The molecular formula is C13H21ClN4O2. The second-order valence-corrected chi connectivity index (χ2v) is 4.92. The van der Waals surface area contributed by atoms with Crippen LogP contribution in [0, 0.1) is 0 Å². The van der Waals surface area contributed by atoms with E-state index < -0.39 is 5.91 Å². The number of methoxy groups -OCH3 is 1. The molecule has 0 saturated carbocycles. The number of primary amides is 1. The van der Waals surface area contributed by atoms with Crippen LogP contribution in [0.5, 0.6) is 0 Å². The van der Waals surface area contributed by atoms with Gasteiger partial charge in [-0.15, -0.1) is 0 Å². The normalized spacial score (nSPS) is 10.8. The van der Waals surface area contributed by atoms with Crippen LogP contribution in [0.15, 0.2) is 12.1 Å². The van der Waals surface area contributed by atoms with Gasteiger partial charge in [0.2, 0.25) is 0 Å². The molecule has 0 spiro atoms. The molecule has 6 nitrogen and oxygen atoms in total. The summed E-state index contributed by atoms with van der Waals surface area (Å²) in [7, 11) is 3.65. The molecule has 0 unspecified atom stereocenters. The minimum Gasteiger partial charge on any atom is -0.399 e. The molecule has 0 atom stereocenters. The molecule has 0 aliphatic heterocycles. The molecule has 1 aromatic rings. The molecule has 1 amide bonds. The van der Waals surface area contributed by atoms with Gasteiger partial charge in [0.25, 0.3) is 5.91 Å². The summed E-state index contributed by atoms with van der Waals surface area (Å²) < 4.78 is 5.00. The number of amides is 1. The summed E-state index contributed by atoms with van der Waals surface area (Å²) in [4.78, 5) is 13.5. The van der Waals surface area contributed by atoms with E-state index in [1.54, 1.807) is 13.2 Å². The van der Waals surface area contributed by atoms with Crippen molar-refractivity contribution in [3.05, 3.63) is 22.7 Å². The number of anilines is 2. The number of benzene rings is 1. The van der Waals surface area contributed by atoms with Crippen molar-refractivity contribution >= 4 is 28.9 Å². The van der Waals surface area contributed by atoms with Gasteiger partial charge in [0, 0.05) is 32.4 Å². The third kappa shape index (κ3) is 4.88. The van der Waals surface area contributed by atoms with E-state index in [2.05, 4.69) is 10.2 Å². The molecule has 112 valence electrons. The zero-order valence-corrected chi connectivity index (χ0v) is 12.5. The smallest absolute Gasteiger partial charge is 0.250 e. The number of hydrogen-bond acceptors (Lipinski definition) is 5. The quantitative estimate of drug-likeness (QED) is 0.623. The van der Waals surface area contributed by atoms with Crippen LogP contribution in [0.1, 0.15) is 10.4 Å². The van der Waals surface area contributed by atoms with Gasteiger partial charge in [-0.05, 0) is 19.2 Å². The Morgan fingerprint density at radius 3 is 2.75 bits per heavy atom. The number of likely N-dealkylation sites (N-methyl/N-ethyl adjacent to an activating group) is 1. The van der Waals surface area contributed by atoms with Crippen molar-refractivity contribution in [3.8, 4) is 0 Å². The lowest BCUT2D eigenvalue weighted by atomic mass is 10.1. The summed E-state index contributed by atoms with van der Waals surface area (Å²) in [5.41, 5.74) is 12.2. The zero-order chi connectivity index (χ0) is 15.1. The van der Waals surface area contributed by atoms with E-state index in [-0.39, 0.29) is 0 Å². The Kier molecular flexibility index (Phi) is 6.57. The minimum absolute atomic E-state index is 0.301. The summed E-state index contributed by atoms with van der Waals surface area (Å²) in [5, 5.41) is 3.51. The highest BCUT2D eigenvalue weighted by atomic mass is 35.5. The Hall–Kier alpha value is -1.50. The summed E-state index contributed by atoms with van der Waals surface area (Å²) in [6.45, 7) is 2.91. The largest absolute Gasteiger partial charge is 0.399 e. The molecule has 0 aliphatic rings. The molecule has 1 rings (SSSR count). The van der Waals surface area contributed by atoms with Crippen LogP contribution in [0.4, 0.5) is 11.4 Å². The lowest BCUT2D eigenvalue weighted by molar-refractivity contribution is 0.100. The topological polar surface area (TPSA) is 93.6 Å². The van der Waals surface area contributed by atoms with Gasteiger partial charge in [-0.25, -0.2) is 0 Å². The third-order valence-corrected chi connectivity index (χ3v) is 3.15. The van der Waals surface area contributed by atoms with Crippen molar-refractivity contribution in [3.63, 3.8) is 0 Å². The van der Waals surface area contributed by atoms with E-state index in [9.17, 15) is 4.79 Å². The van der Waals surface area contributed by atoms with Crippen LogP contribution >= 0.6 is 11.6 Å². The molecular weight excluding hydrogens is 280 g/mol. The molecule has 7 heteroatoms. The van der Waals surface area contributed by atoms with Crippen LogP contribution < -0.4 is 16.8 Å². The van der Waals surface area contributed by atoms with Gasteiger partial charge < -0.3 is 26.4 Å². The number of nitrogens with one attached hydrogen (secondary N) is 1. The van der Waals surface area contributed by atoms with E-state index in [0.29, 0.717) is 35.1 Å². The van der Waals surface area contributed by atoms with Crippen LogP contribution in [-0.4, -0.2) is 51.2 Å². The molecule has 0 radical (unpaired) electrons. The predicted molar refractivity (Wildman–Crippen MR) is 82.2 cm³/mol. The standard InChI is InChI=1S/C13H21ClN4O2/c1-18(5-6-20-2)4-3-17-12-10(13(16)19)7-9(15)8-11(12)14/h7-8,17H,3-6,15H2,1-2H3,(H2,16,19). The highest BCUT2D eigenvalue weighted by Crippen LogP contribution is 2.28. The number of nitrogens with two attached hydrogens (primary N) is 2. The number of hydrogen-bond donors (Lipinski definition) is 3. The zero-order valence-electron chi connectivity index (χ0n) is 11.8. The van der Waals surface area contributed by atoms with Crippen LogP contribution in [0.3, 0.4) is 0 Å². The lowest BCUT2D eigenvalue weighted by Gasteiger charge is -2.18. The minimum atomic E-state index is -0.561. The number of nitrogens with zero attached hydrogens (tertiary/aromatic N) is 1. The predicted octanol–water partition coefficient (Wildman–Crippen LogP) is 1.01. The highest BCUT2D eigenvalue weighted by Gasteiger charge is 2.13. The van der Waals surface area contributed by atoms with Crippen molar-refractivity contribution in [2.75, 3.05) is 51.4 Å². The lowest BCUT2D eigenvalue weighted by Crippen LogP contribution is -2.28. The molecule has 0 saturated heterocycles. The van der Waals surface area contributed by atoms with Crippen molar-refractivity contribution in [1.29, 1.82) is 0 Å². The van der Waals surface area contributed by atoms with Crippen LogP contribution in [0.25, 0.3) is 0 Å². The molecule has 5 N–H and O–H groups in total. The van der Waals surface area contributed by atoms with Crippen LogP contribution in [0.2, 0.25) is 5.02 Å². The second kappa shape index (κ2) is 7.94. The third-order valence-electron chi connectivity index (χ3n) is 2.85. The van der Waals surface area contributed by atoms with Crippen molar-refractivity contribution in [2.45, 2.75) is 0 Å². The summed E-state index contributed by atoms with van der Waals surface area (Å²) >= 11 is 6.09. The monoisotopic (exact) mass is 300 g/mol. The Balaban J connectivity index is 2.66. The summed E-state index contributed by atoms with van der Waals surface area (Å²) in [5.74, 6) is -0.561. The summed E-state index contributed by atoms with van der Waals surface area (Å²) in [6, 6.07) is 3.11. The van der Waals surface area contributed by atoms with Crippen molar-refractivity contribution in [2.24, 2.45) is 5.73 Å². The number of rotatable bonds is 8. The fourth-order valence-corrected chi connectivity index (χ4v) is 2.03. The number of carbonyl (C=O) groups excluding carboxylic acids is 1. The fourth-order valence-electron chi connectivity index (χ4n) is 1.73. The Labute approximate surface area is 124 Å². The highest BCUT2D eigenvalue weighted by molar-refractivity contribution is 6.34. The van der Waals surface area contributed by atoms with E-state index >= 15 is 0 Å². The van der Waals surface area contributed by atoms with Gasteiger partial charge in [0.05, 0.1) is 22.9 Å². The molecule has 0 aliphatic carbocycles. The SMILES string of the molecule is COCCN(C)CCNc1c(Cl)cc(N)cc1C(N)=O. The maximum Gasteiger partial charge on any atom is 0.250 e. The van der Waals surface area contributed by atoms with E-state index in [4.69, 9.17) is 27.8 Å². The van der Waals surface area contributed by atoms with Crippen molar-refractivity contribution < 1.29 is 9.53 Å². The first-order valence-electron chi connectivity index (χ1n) is 6.26. The molecule has 20 heavy (non-hydrogen) atoms. The molecule has 0 bridgehead atoms. The fraction of sp³-hybridized carbons (Fsp3) is 0.462. The average molecular weight is 301 g/mol. The van der Waals surface area contributed by atoms with Gasteiger partial charge in [-0.3, -0.25) is 4.79 Å². The molecule has 0 aromatic heterocycles. The maximum atomic E-state index is 11.4. The Morgan fingerprint density at radius 2 is 2.15 bits per heavy atom. The van der Waals surface area contributed by atoms with E-state index in [1.807, 2.05) is 7.05 Å².